The number of amides is 3. The highest BCUT2D eigenvalue weighted by Gasteiger charge is 2.35. The molecule has 0 atom stereocenters. The Morgan fingerprint density at radius 3 is 2.42 bits per heavy atom. The molecule has 2 aromatic carbocycles. The molecule has 0 bridgehead atoms. The summed E-state index contributed by atoms with van der Waals surface area (Å²) in [5.74, 6) is 2.00. The predicted octanol–water partition coefficient (Wildman–Crippen LogP) is 5.43. The first-order valence-corrected chi connectivity index (χ1v) is 13.7. The van der Waals surface area contributed by atoms with E-state index in [1.165, 1.54) is 0 Å². The van der Waals surface area contributed by atoms with E-state index in [2.05, 4.69) is 5.32 Å². The van der Waals surface area contributed by atoms with Crippen LogP contribution in [0.4, 0.5) is 10.5 Å². The van der Waals surface area contributed by atoms with Crippen LogP contribution in [0.1, 0.15) is 30.2 Å². The van der Waals surface area contributed by atoms with Crippen molar-refractivity contribution in [3.63, 3.8) is 0 Å². The lowest BCUT2D eigenvalue weighted by Gasteiger charge is -2.28. The summed E-state index contributed by atoms with van der Waals surface area (Å²) < 4.78 is 16.3. The van der Waals surface area contributed by atoms with Crippen LogP contribution in [0.15, 0.2) is 60.0 Å². The van der Waals surface area contributed by atoms with Gasteiger partial charge < -0.3 is 29.3 Å². The van der Waals surface area contributed by atoms with Crippen LogP contribution < -0.4 is 19.5 Å². The van der Waals surface area contributed by atoms with Gasteiger partial charge in [0.05, 0.1) is 27.4 Å². The third-order valence-electron chi connectivity index (χ3n) is 6.37. The number of hydrogen-bond donors (Lipinski definition) is 1. The monoisotopic (exact) mass is 537 g/mol. The number of benzene rings is 2. The smallest absolute Gasteiger partial charge is 0.322 e. The maximum absolute atomic E-state index is 13.6. The van der Waals surface area contributed by atoms with E-state index in [4.69, 9.17) is 14.2 Å². The Morgan fingerprint density at radius 1 is 1.03 bits per heavy atom. The number of carbonyl (C=O) groups is 2. The van der Waals surface area contributed by atoms with Gasteiger partial charge in [-0.2, -0.15) is 0 Å². The van der Waals surface area contributed by atoms with E-state index in [1.807, 2.05) is 71.8 Å². The molecule has 0 saturated heterocycles. The largest absolute Gasteiger partial charge is 0.494 e. The average Bonchev–Trinajstić information content (AvgIpc) is 3.64. The summed E-state index contributed by atoms with van der Waals surface area (Å²) in [6, 6.07) is 16.9. The van der Waals surface area contributed by atoms with Gasteiger partial charge in [0, 0.05) is 23.2 Å². The van der Waals surface area contributed by atoms with Crippen LogP contribution in [-0.2, 0) is 17.8 Å². The van der Waals surface area contributed by atoms with E-state index in [1.54, 1.807) is 30.5 Å². The van der Waals surface area contributed by atoms with Gasteiger partial charge in [-0.15, -0.1) is 11.3 Å². The predicted molar refractivity (Wildman–Crippen MR) is 149 cm³/mol. The summed E-state index contributed by atoms with van der Waals surface area (Å²) in [5, 5.41) is 4.95. The van der Waals surface area contributed by atoms with Gasteiger partial charge >= 0.3 is 6.03 Å². The maximum Gasteiger partial charge on any atom is 0.322 e. The molecule has 1 aromatic heterocycles. The molecule has 1 saturated carbocycles. The number of anilines is 1. The van der Waals surface area contributed by atoms with Crippen LogP contribution in [0.5, 0.6) is 17.2 Å². The van der Waals surface area contributed by atoms with Crippen molar-refractivity contribution in [2.24, 2.45) is 0 Å². The molecule has 1 fully saturated rings. The van der Waals surface area contributed by atoms with Gasteiger partial charge in [0.25, 0.3) is 0 Å². The van der Waals surface area contributed by atoms with Crippen molar-refractivity contribution in [1.82, 2.24) is 9.80 Å². The number of thiophene rings is 1. The molecule has 0 aliphatic heterocycles. The highest BCUT2D eigenvalue weighted by molar-refractivity contribution is 7.09. The van der Waals surface area contributed by atoms with Gasteiger partial charge in [-0.05, 0) is 79.6 Å². The minimum Gasteiger partial charge on any atom is -0.494 e. The molecule has 4 rings (SSSR count). The first-order valence-electron chi connectivity index (χ1n) is 12.8. The second-order valence-corrected chi connectivity index (χ2v) is 10.1. The molecule has 3 aromatic rings. The zero-order chi connectivity index (χ0) is 26.9. The topological polar surface area (TPSA) is 80.3 Å². The summed E-state index contributed by atoms with van der Waals surface area (Å²) in [7, 11) is 3.22. The number of ether oxygens (including phenoxy) is 3. The van der Waals surface area contributed by atoms with Gasteiger partial charge in [0.1, 0.15) is 12.3 Å². The minimum absolute atomic E-state index is 0.0326. The van der Waals surface area contributed by atoms with E-state index >= 15 is 0 Å². The number of urea groups is 1. The molecule has 8 nitrogen and oxygen atoms in total. The minimum atomic E-state index is -0.263. The molecule has 9 heteroatoms. The highest BCUT2D eigenvalue weighted by Crippen LogP contribution is 2.29. The first-order chi connectivity index (χ1) is 18.5. The zero-order valence-electron chi connectivity index (χ0n) is 22.1. The number of hydrogen-bond acceptors (Lipinski definition) is 6. The molecule has 0 radical (unpaired) electrons. The molecule has 3 amide bonds. The number of nitrogens with one attached hydrogen (secondary N) is 1. The Balaban J connectivity index is 1.43. The van der Waals surface area contributed by atoms with Crippen molar-refractivity contribution in [2.75, 3.05) is 39.2 Å². The number of carbonyl (C=O) groups excluding carboxylic acids is 2. The van der Waals surface area contributed by atoms with Crippen LogP contribution in [0.2, 0.25) is 0 Å². The zero-order valence-corrected chi connectivity index (χ0v) is 23.0. The van der Waals surface area contributed by atoms with Gasteiger partial charge in [-0.3, -0.25) is 4.79 Å². The fraction of sp³-hybridized carbons (Fsp3) is 0.379. The quantitative estimate of drug-likeness (QED) is 0.314. The van der Waals surface area contributed by atoms with Crippen LogP contribution in [0, 0.1) is 0 Å². The van der Waals surface area contributed by atoms with Crippen LogP contribution in [0.3, 0.4) is 0 Å². The Bertz CT molecular complexity index is 1200. The molecule has 38 heavy (non-hydrogen) atoms. The molecule has 1 aliphatic rings. The summed E-state index contributed by atoms with van der Waals surface area (Å²) >= 11 is 1.62. The molecule has 1 aliphatic carbocycles. The van der Waals surface area contributed by atoms with Crippen molar-refractivity contribution in [3.05, 3.63) is 70.4 Å². The SMILES string of the molecule is CCOc1ccc(NC(=O)N(CC(=O)N(CCc2ccc(OC)c(OC)c2)Cc2cccs2)C2CC2)cc1. The Kier molecular flexibility index (Phi) is 9.48. The molecule has 1 N–H and O–H groups in total. The van der Waals surface area contributed by atoms with Gasteiger partial charge in [0.15, 0.2) is 11.5 Å². The van der Waals surface area contributed by atoms with Crippen LogP contribution >= 0.6 is 11.3 Å². The number of methoxy groups -OCH3 is 2. The van der Waals surface area contributed by atoms with Gasteiger partial charge in [-0.25, -0.2) is 4.79 Å². The molecule has 1 heterocycles. The summed E-state index contributed by atoms with van der Waals surface area (Å²) in [4.78, 5) is 31.4. The second-order valence-electron chi connectivity index (χ2n) is 9.08. The number of rotatable bonds is 13. The highest BCUT2D eigenvalue weighted by atomic mass is 32.1. The summed E-state index contributed by atoms with van der Waals surface area (Å²) in [5.41, 5.74) is 1.71. The molecule has 202 valence electrons. The fourth-order valence-electron chi connectivity index (χ4n) is 4.18. The Morgan fingerprint density at radius 2 is 1.79 bits per heavy atom. The van der Waals surface area contributed by atoms with Crippen molar-refractivity contribution in [2.45, 2.75) is 38.8 Å². The normalized spacial score (nSPS) is 12.5. The Labute approximate surface area is 228 Å². The van der Waals surface area contributed by atoms with Crippen LogP contribution in [0.25, 0.3) is 0 Å². The molecular formula is C29H35N3O5S. The Hall–Kier alpha value is -3.72. The lowest BCUT2D eigenvalue weighted by Crippen LogP contribution is -2.45. The molecule has 0 spiro atoms. The first kappa shape index (κ1) is 27.3. The van der Waals surface area contributed by atoms with Crippen molar-refractivity contribution < 1.29 is 23.8 Å². The average molecular weight is 538 g/mol. The fourth-order valence-corrected chi connectivity index (χ4v) is 4.90. The van der Waals surface area contributed by atoms with Gasteiger partial charge in [-0.1, -0.05) is 12.1 Å². The van der Waals surface area contributed by atoms with Crippen LogP contribution in [-0.4, -0.2) is 61.7 Å². The third-order valence-corrected chi connectivity index (χ3v) is 7.23. The van der Waals surface area contributed by atoms with E-state index < -0.39 is 0 Å². The molecule has 0 unspecified atom stereocenters. The van der Waals surface area contributed by atoms with E-state index in [0.717, 1.165) is 29.0 Å². The van der Waals surface area contributed by atoms with E-state index in [9.17, 15) is 9.59 Å². The van der Waals surface area contributed by atoms with E-state index in [-0.39, 0.29) is 24.5 Å². The van der Waals surface area contributed by atoms with E-state index in [0.29, 0.717) is 43.3 Å². The summed E-state index contributed by atoms with van der Waals surface area (Å²) in [6.45, 7) is 3.56. The van der Waals surface area contributed by atoms with Crippen molar-refractivity contribution in [3.8, 4) is 17.2 Å². The third kappa shape index (κ3) is 7.41. The lowest BCUT2D eigenvalue weighted by molar-refractivity contribution is -0.132. The summed E-state index contributed by atoms with van der Waals surface area (Å²) in [6.07, 6.45) is 2.46. The van der Waals surface area contributed by atoms with Crippen molar-refractivity contribution >= 4 is 29.0 Å². The lowest BCUT2D eigenvalue weighted by atomic mass is 10.1. The van der Waals surface area contributed by atoms with Gasteiger partial charge in [0.2, 0.25) is 5.91 Å². The molecular weight excluding hydrogens is 502 g/mol. The maximum atomic E-state index is 13.6. The standard InChI is InChI=1S/C29H35N3O5S/c1-4-37-24-12-8-22(9-13-24)30-29(34)32(23-10-11-23)20-28(33)31(19-25-6-5-17-38-25)16-15-21-7-14-26(35-2)27(18-21)36-3/h5-9,12-14,17-18,23H,4,10-11,15-16,19-20H2,1-3H3,(H,30,34). The number of nitrogens with zero attached hydrogens (tertiary/aromatic N) is 2. The van der Waals surface area contributed by atoms with Crippen molar-refractivity contribution in [1.29, 1.82) is 0 Å². The second kappa shape index (κ2) is 13.2.